The first-order valence-corrected chi connectivity index (χ1v) is 3.30. The molecular weight excluding hydrogens is 127 g/mol. The van der Waals surface area contributed by atoms with Crippen molar-refractivity contribution in [2.45, 2.75) is 20.8 Å². The molecule has 0 radical (unpaired) electrons. The lowest BCUT2D eigenvalue weighted by atomic mass is 9.98. The van der Waals surface area contributed by atoms with Crippen LogP contribution in [0.15, 0.2) is 12.2 Å². The molecule has 0 spiro atoms. The van der Waals surface area contributed by atoms with Gasteiger partial charge in [0.1, 0.15) is 6.67 Å². The first kappa shape index (κ1) is 9.23. The molecule has 0 amide bonds. The third kappa shape index (κ3) is 7.23. The van der Waals surface area contributed by atoms with E-state index in [1.165, 1.54) is 6.08 Å². The third-order valence-corrected chi connectivity index (χ3v) is 0.737. The molecule has 0 saturated heterocycles. The van der Waals surface area contributed by atoms with Crippen LogP contribution in [-0.4, -0.2) is 6.67 Å². The van der Waals surface area contributed by atoms with Crippen LogP contribution in [0.1, 0.15) is 20.8 Å². The minimum Gasteiger partial charge on any atom is -0.247 e. The van der Waals surface area contributed by atoms with E-state index < -0.39 is 6.67 Å². The van der Waals surface area contributed by atoms with Gasteiger partial charge in [0.25, 0.3) is 0 Å². The summed E-state index contributed by atoms with van der Waals surface area (Å²) in [6.07, 6.45) is 2.95. The second-order valence-corrected chi connectivity index (χ2v) is 3.08. The van der Waals surface area contributed by atoms with Gasteiger partial charge in [-0.15, -0.1) is 0 Å². The van der Waals surface area contributed by atoms with Crippen LogP contribution < -0.4 is 0 Å². The maximum absolute atomic E-state index is 11.5. The molecule has 10 heavy (non-hydrogen) atoms. The second-order valence-electron chi connectivity index (χ2n) is 3.08. The van der Waals surface area contributed by atoms with Gasteiger partial charge in [-0.2, -0.15) is 0 Å². The molecule has 0 bridgehead atoms. The molecule has 0 aromatic heterocycles. The largest absolute Gasteiger partial charge is 0.247 e. The van der Waals surface area contributed by atoms with Gasteiger partial charge in [-0.05, 0) is 32.9 Å². The van der Waals surface area contributed by atoms with E-state index in [1.54, 1.807) is 6.08 Å². The Balaban J connectivity index is 3.81. The summed E-state index contributed by atoms with van der Waals surface area (Å²) in [7, 11) is 0. The standard InChI is InChI=1S/C9H13F/c1-9(2,3)7-5-4-6-8-10/h4,6H,8H2,1-3H3/b6-4+. The Morgan fingerprint density at radius 1 is 1.40 bits per heavy atom. The predicted molar refractivity (Wildman–Crippen MR) is 42.3 cm³/mol. The van der Waals surface area contributed by atoms with E-state index in [-0.39, 0.29) is 5.41 Å². The molecule has 56 valence electrons. The van der Waals surface area contributed by atoms with Crippen LogP contribution in [0, 0.1) is 17.3 Å². The van der Waals surface area contributed by atoms with Gasteiger partial charge in [0.15, 0.2) is 0 Å². The summed E-state index contributed by atoms with van der Waals surface area (Å²) in [4.78, 5) is 0. The van der Waals surface area contributed by atoms with E-state index in [0.29, 0.717) is 0 Å². The van der Waals surface area contributed by atoms with Crippen molar-refractivity contribution >= 4 is 0 Å². The number of alkyl halides is 1. The molecule has 0 fully saturated rings. The molecule has 0 rings (SSSR count). The Morgan fingerprint density at radius 2 is 2.00 bits per heavy atom. The Hall–Kier alpha value is -0.770. The topological polar surface area (TPSA) is 0 Å². The van der Waals surface area contributed by atoms with Crippen molar-refractivity contribution in [2.24, 2.45) is 5.41 Å². The third-order valence-electron chi connectivity index (χ3n) is 0.737. The molecule has 0 aliphatic heterocycles. The summed E-state index contributed by atoms with van der Waals surface area (Å²) in [5.74, 6) is 5.71. The number of hydrogen-bond donors (Lipinski definition) is 0. The first-order chi connectivity index (χ1) is 4.56. The zero-order valence-corrected chi connectivity index (χ0v) is 6.74. The highest BCUT2D eigenvalue weighted by Gasteiger charge is 2.01. The van der Waals surface area contributed by atoms with E-state index in [1.807, 2.05) is 20.8 Å². The average Bonchev–Trinajstić information content (AvgIpc) is 1.78. The maximum Gasteiger partial charge on any atom is 0.109 e. The van der Waals surface area contributed by atoms with Crippen molar-refractivity contribution in [3.8, 4) is 11.8 Å². The molecule has 0 aromatic carbocycles. The van der Waals surface area contributed by atoms with Crippen LogP contribution in [0.4, 0.5) is 4.39 Å². The van der Waals surface area contributed by atoms with Gasteiger partial charge in [0, 0.05) is 5.41 Å². The fourth-order valence-electron chi connectivity index (χ4n) is 0.362. The normalized spacial score (nSPS) is 11.2. The number of rotatable bonds is 1. The van der Waals surface area contributed by atoms with Crippen LogP contribution in [0.3, 0.4) is 0 Å². The fraction of sp³-hybridized carbons (Fsp3) is 0.556. The summed E-state index contributed by atoms with van der Waals surface area (Å²) in [5.41, 5.74) is 0.0145. The van der Waals surface area contributed by atoms with Crippen molar-refractivity contribution in [2.75, 3.05) is 6.67 Å². The Morgan fingerprint density at radius 3 is 2.40 bits per heavy atom. The maximum atomic E-state index is 11.5. The number of hydrogen-bond acceptors (Lipinski definition) is 0. The van der Waals surface area contributed by atoms with E-state index in [0.717, 1.165) is 0 Å². The van der Waals surface area contributed by atoms with Crippen molar-refractivity contribution in [3.05, 3.63) is 12.2 Å². The van der Waals surface area contributed by atoms with E-state index in [2.05, 4.69) is 11.8 Å². The molecular formula is C9H13F. The predicted octanol–water partition coefficient (Wildman–Crippen LogP) is 2.56. The molecule has 0 aliphatic rings. The van der Waals surface area contributed by atoms with Crippen LogP contribution in [0.5, 0.6) is 0 Å². The van der Waals surface area contributed by atoms with Gasteiger partial charge in [-0.25, -0.2) is 4.39 Å². The van der Waals surface area contributed by atoms with Gasteiger partial charge < -0.3 is 0 Å². The fourth-order valence-corrected chi connectivity index (χ4v) is 0.362. The lowest BCUT2D eigenvalue weighted by Crippen LogP contribution is -1.98. The molecule has 0 atom stereocenters. The minimum absolute atomic E-state index is 0.0145. The molecule has 0 N–H and O–H groups in total. The highest BCUT2D eigenvalue weighted by atomic mass is 19.1. The number of halogens is 1. The van der Waals surface area contributed by atoms with Crippen LogP contribution in [0.25, 0.3) is 0 Å². The molecule has 0 heterocycles. The summed E-state index contributed by atoms with van der Waals surface area (Å²) >= 11 is 0. The molecule has 0 saturated carbocycles. The Bertz CT molecular complexity index is 161. The van der Waals surface area contributed by atoms with Gasteiger partial charge in [-0.3, -0.25) is 0 Å². The zero-order valence-electron chi connectivity index (χ0n) is 6.74. The van der Waals surface area contributed by atoms with Crippen LogP contribution in [0.2, 0.25) is 0 Å². The molecule has 0 aromatic rings. The van der Waals surface area contributed by atoms with E-state index in [4.69, 9.17) is 0 Å². The molecule has 0 aliphatic carbocycles. The van der Waals surface area contributed by atoms with Crippen LogP contribution in [-0.2, 0) is 0 Å². The zero-order chi connectivity index (χ0) is 8.04. The Labute approximate surface area is 62.1 Å². The quantitative estimate of drug-likeness (QED) is 0.491. The Kier molecular flexibility index (Phi) is 3.79. The van der Waals surface area contributed by atoms with E-state index >= 15 is 0 Å². The van der Waals surface area contributed by atoms with Crippen LogP contribution >= 0.6 is 0 Å². The van der Waals surface area contributed by atoms with E-state index in [9.17, 15) is 4.39 Å². The average molecular weight is 140 g/mol. The van der Waals surface area contributed by atoms with Crippen molar-refractivity contribution in [1.82, 2.24) is 0 Å². The SMILES string of the molecule is CC(C)(C)C#C/C=C/CF. The van der Waals surface area contributed by atoms with Crippen molar-refractivity contribution in [3.63, 3.8) is 0 Å². The van der Waals surface area contributed by atoms with Crippen molar-refractivity contribution < 1.29 is 4.39 Å². The molecule has 0 unspecified atom stereocenters. The highest BCUT2D eigenvalue weighted by molar-refractivity contribution is 5.18. The monoisotopic (exact) mass is 140 g/mol. The first-order valence-electron chi connectivity index (χ1n) is 3.30. The minimum atomic E-state index is -0.432. The van der Waals surface area contributed by atoms with Crippen molar-refractivity contribution in [1.29, 1.82) is 0 Å². The molecule has 0 nitrogen and oxygen atoms in total. The lowest BCUT2D eigenvalue weighted by molar-refractivity contribution is 0.561. The lowest BCUT2D eigenvalue weighted by Gasteiger charge is -2.05. The summed E-state index contributed by atoms with van der Waals surface area (Å²) in [5, 5.41) is 0. The summed E-state index contributed by atoms with van der Waals surface area (Å²) in [6.45, 7) is 5.62. The number of allylic oxidation sites excluding steroid dienone is 2. The second kappa shape index (κ2) is 4.11. The van der Waals surface area contributed by atoms with Gasteiger partial charge in [0.05, 0.1) is 0 Å². The molecule has 1 heteroatoms. The summed E-state index contributed by atoms with van der Waals surface area (Å²) < 4.78 is 11.5. The van der Waals surface area contributed by atoms with Gasteiger partial charge in [-0.1, -0.05) is 11.8 Å². The smallest absolute Gasteiger partial charge is 0.109 e. The summed E-state index contributed by atoms with van der Waals surface area (Å²) in [6, 6.07) is 0. The van der Waals surface area contributed by atoms with Gasteiger partial charge in [0.2, 0.25) is 0 Å². The van der Waals surface area contributed by atoms with Gasteiger partial charge >= 0.3 is 0 Å². The highest BCUT2D eigenvalue weighted by Crippen LogP contribution is 2.09.